The molecule has 0 bridgehead atoms. The van der Waals surface area contributed by atoms with Gasteiger partial charge in [-0.05, 0) is 42.4 Å². The van der Waals surface area contributed by atoms with Crippen molar-refractivity contribution in [3.8, 4) is 0 Å². The summed E-state index contributed by atoms with van der Waals surface area (Å²) in [6.07, 6.45) is 0.358. The highest BCUT2D eigenvalue weighted by molar-refractivity contribution is 5.29. The van der Waals surface area contributed by atoms with Crippen LogP contribution in [-0.2, 0) is 12.6 Å². The van der Waals surface area contributed by atoms with Gasteiger partial charge in [0.05, 0.1) is 5.56 Å². The molecule has 1 atom stereocenters. The van der Waals surface area contributed by atoms with Gasteiger partial charge >= 0.3 is 6.18 Å². The highest BCUT2D eigenvalue weighted by Gasteiger charge is 2.30. The predicted octanol–water partition coefficient (Wildman–Crippen LogP) is 4.32. The van der Waals surface area contributed by atoms with Gasteiger partial charge < -0.3 is 5.73 Å². The average molecular weight is 283 g/mol. The molecule has 0 saturated carbocycles. The first kappa shape index (κ1) is 15.1. The van der Waals surface area contributed by atoms with Gasteiger partial charge in [0.25, 0.3) is 0 Å². The number of nitrogens with two attached hydrogens (primary N) is 1. The Morgan fingerprint density at radius 1 is 1.20 bits per heavy atom. The monoisotopic (exact) mass is 283 g/mol. The van der Waals surface area contributed by atoms with Gasteiger partial charge in [0.15, 0.2) is 0 Å². The van der Waals surface area contributed by atoms with E-state index in [0.29, 0.717) is 6.42 Å². The molecule has 2 N–H and O–H groups in total. The smallest absolute Gasteiger partial charge is 0.324 e. The van der Waals surface area contributed by atoms with Crippen LogP contribution in [0.25, 0.3) is 0 Å². The fourth-order valence-corrected chi connectivity index (χ4v) is 2.94. The minimum atomic E-state index is -4.27. The average Bonchev–Trinajstić information content (AvgIpc) is 2.25. The summed E-state index contributed by atoms with van der Waals surface area (Å²) in [4.78, 5) is 0. The Kier molecular flexibility index (Phi) is 3.96. The maximum absolute atomic E-state index is 12.5. The van der Waals surface area contributed by atoms with Crippen LogP contribution in [-0.4, -0.2) is 6.04 Å². The third-order valence-corrected chi connectivity index (χ3v) is 3.66. The summed E-state index contributed by atoms with van der Waals surface area (Å²) in [7, 11) is 0. The first-order valence-corrected chi connectivity index (χ1v) is 6.77. The number of alkyl halides is 3. The fraction of sp³-hybridized carbons (Fsp3) is 0.500. The quantitative estimate of drug-likeness (QED) is 0.804. The van der Waals surface area contributed by atoms with Crippen LogP contribution in [0.3, 0.4) is 0 Å². The number of halogens is 3. The van der Waals surface area contributed by atoms with E-state index in [9.17, 15) is 13.2 Å². The lowest BCUT2D eigenvalue weighted by atomic mass is 9.74. The molecule has 1 aliphatic rings. The summed E-state index contributed by atoms with van der Waals surface area (Å²) in [5.74, 6) is 0. The van der Waals surface area contributed by atoms with Crippen LogP contribution in [0.4, 0.5) is 13.2 Å². The van der Waals surface area contributed by atoms with Crippen LogP contribution in [0.2, 0.25) is 0 Å². The van der Waals surface area contributed by atoms with Crippen molar-refractivity contribution in [2.45, 2.75) is 45.3 Å². The Morgan fingerprint density at radius 2 is 1.80 bits per heavy atom. The molecular formula is C16H20F3N. The molecule has 2 rings (SSSR count). The molecule has 0 radical (unpaired) electrons. The number of hydrogen-bond donors (Lipinski definition) is 1. The molecule has 20 heavy (non-hydrogen) atoms. The largest absolute Gasteiger partial charge is 0.416 e. The van der Waals surface area contributed by atoms with E-state index in [1.165, 1.54) is 5.57 Å². The SMILES string of the molecule is CC1(C)CC(Cc2ccc(C(F)(F)F)cc2)=CC(N)C1. The van der Waals surface area contributed by atoms with Crippen molar-refractivity contribution in [1.29, 1.82) is 0 Å². The molecule has 0 fully saturated rings. The Labute approximate surface area is 117 Å². The predicted molar refractivity (Wildman–Crippen MR) is 74.2 cm³/mol. The fourth-order valence-electron chi connectivity index (χ4n) is 2.94. The second-order valence-electron chi connectivity index (χ2n) is 6.41. The second kappa shape index (κ2) is 5.24. The summed E-state index contributed by atoms with van der Waals surface area (Å²) >= 11 is 0. The van der Waals surface area contributed by atoms with E-state index in [0.717, 1.165) is 30.5 Å². The van der Waals surface area contributed by atoms with Crippen LogP contribution in [0.5, 0.6) is 0 Å². The second-order valence-corrected chi connectivity index (χ2v) is 6.41. The normalized spacial score (nSPS) is 22.5. The van der Waals surface area contributed by atoms with E-state index in [1.807, 2.05) is 0 Å². The molecule has 0 amide bonds. The lowest BCUT2D eigenvalue weighted by molar-refractivity contribution is -0.137. The van der Waals surface area contributed by atoms with Gasteiger partial charge in [0, 0.05) is 6.04 Å². The van der Waals surface area contributed by atoms with Crippen LogP contribution in [0.15, 0.2) is 35.9 Å². The molecule has 0 saturated heterocycles. The van der Waals surface area contributed by atoms with E-state index >= 15 is 0 Å². The van der Waals surface area contributed by atoms with Crippen molar-refractivity contribution in [2.24, 2.45) is 11.1 Å². The van der Waals surface area contributed by atoms with Crippen LogP contribution < -0.4 is 5.73 Å². The zero-order chi connectivity index (χ0) is 15.0. The molecular weight excluding hydrogens is 263 g/mol. The standard InChI is InChI=1S/C16H20F3N/c1-15(2)9-12(8-14(20)10-15)7-11-3-5-13(6-4-11)16(17,18)19/h3-6,8,14H,7,9-10,20H2,1-2H3. The van der Waals surface area contributed by atoms with Gasteiger partial charge in [-0.15, -0.1) is 0 Å². The number of benzene rings is 1. The lowest BCUT2D eigenvalue weighted by Gasteiger charge is -2.33. The minimum Gasteiger partial charge on any atom is -0.324 e. The van der Waals surface area contributed by atoms with Crippen molar-refractivity contribution in [3.05, 3.63) is 47.0 Å². The minimum absolute atomic E-state index is 0.0446. The van der Waals surface area contributed by atoms with Gasteiger partial charge in [0.2, 0.25) is 0 Å². The summed E-state index contributed by atoms with van der Waals surface area (Å²) in [6.45, 7) is 4.35. The first-order chi connectivity index (χ1) is 9.16. The molecule has 4 heteroatoms. The Bertz CT molecular complexity index is 497. The molecule has 0 spiro atoms. The Hall–Kier alpha value is -1.29. The summed E-state index contributed by atoms with van der Waals surface area (Å²) in [5.41, 5.74) is 7.69. The molecule has 0 heterocycles. The third kappa shape index (κ3) is 3.85. The zero-order valence-electron chi connectivity index (χ0n) is 11.8. The highest BCUT2D eigenvalue weighted by Crippen LogP contribution is 2.36. The zero-order valence-corrected chi connectivity index (χ0v) is 11.8. The summed E-state index contributed by atoms with van der Waals surface area (Å²) in [6, 6.07) is 5.43. The lowest BCUT2D eigenvalue weighted by Crippen LogP contribution is -2.31. The van der Waals surface area contributed by atoms with E-state index < -0.39 is 11.7 Å². The number of rotatable bonds is 2. The van der Waals surface area contributed by atoms with Gasteiger partial charge in [0.1, 0.15) is 0 Å². The highest BCUT2D eigenvalue weighted by atomic mass is 19.4. The van der Waals surface area contributed by atoms with Crippen molar-refractivity contribution < 1.29 is 13.2 Å². The molecule has 0 aromatic heterocycles. The molecule has 0 aliphatic heterocycles. The van der Waals surface area contributed by atoms with Crippen molar-refractivity contribution in [1.82, 2.24) is 0 Å². The van der Waals surface area contributed by atoms with Crippen LogP contribution >= 0.6 is 0 Å². The van der Waals surface area contributed by atoms with Crippen molar-refractivity contribution in [3.63, 3.8) is 0 Å². The molecule has 110 valence electrons. The van der Waals surface area contributed by atoms with E-state index in [1.54, 1.807) is 12.1 Å². The number of allylic oxidation sites excluding steroid dienone is 1. The maximum atomic E-state index is 12.5. The summed E-state index contributed by atoms with van der Waals surface area (Å²) < 4.78 is 37.5. The Morgan fingerprint density at radius 3 is 2.30 bits per heavy atom. The van der Waals surface area contributed by atoms with Gasteiger partial charge in [-0.2, -0.15) is 13.2 Å². The first-order valence-electron chi connectivity index (χ1n) is 6.77. The third-order valence-electron chi connectivity index (χ3n) is 3.66. The Balaban J connectivity index is 2.11. The van der Waals surface area contributed by atoms with E-state index in [-0.39, 0.29) is 11.5 Å². The summed E-state index contributed by atoms with van der Waals surface area (Å²) in [5, 5.41) is 0. The van der Waals surface area contributed by atoms with Gasteiger partial charge in [-0.1, -0.05) is 37.6 Å². The molecule has 1 aromatic rings. The van der Waals surface area contributed by atoms with Crippen molar-refractivity contribution in [2.75, 3.05) is 0 Å². The number of hydrogen-bond acceptors (Lipinski definition) is 1. The molecule has 1 aromatic carbocycles. The molecule has 1 unspecified atom stereocenters. The van der Waals surface area contributed by atoms with Crippen LogP contribution in [0, 0.1) is 5.41 Å². The van der Waals surface area contributed by atoms with Crippen LogP contribution in [0.1, 0.15) is 37.8 Å². The molecule has 1 aliphatic carbocycles. The van der Waals surface area contributed by atoms with E-state index in [4.69, 9.17) is 5.73 Å². The topological polar surface area (TPSA) is 26.0 Å². The maximum Gasteiger partial charge on any atom is 0.416 e. The van der Waals surface area contributed by atoms with Gasteiger partial charge in [-0.25, -0.2) is 0 Å². The molecule has 1 nitrogen and oxygen atoms in total. The van der Waals surface area contributed by atoms with Crippen molar-refractivity contribution >= 4 is 0 Å². The van der Waals surface area contributed by atoms with E-state index in [2.05, 4.69) is 19.9 Å². The van der Waals surface area contributed by atoms with Gasteiger partial charge in [-0.3, -0.25) is 0 Å².